The van der Waals surface area contributed by atoms with Crippen LogP contribution in [0.5, 0.6) is 0 Å². The van der Waals surface area contributed by atoms with Crippen LogP contribution in [0.3, 0.4) is 0 Å². The molecule has 98 valence electrons. The third-order valence-corrected chi connectivity index (χ3v) is 3.13. The molecule has 2 heterocycles. The van der Waals surface area contributed by atoms with Gasteiger partial charge < -0.3 is 20.7 Å². The Morgan fingerprint density at radius 1 is 1.44 bits per heavy atom. The van der Waals surface area contributed by atoms with Gasteiger partial charge in [-0.1, -0.05) is 5.16 Å². The molecule has 0 spiro atoms. The molecule has 0 saturated carbocycles. The fraction of sp³-hybridized carbons (Fsp3) is 0.545. The summed E-state index contributed by atoms with van der Waals surface area (Å²) >= 11 is 0. The van der Waals surface area contributed by atoms with Crippen molar-refractivity contribution >= 4 is 11.7 Å². The van der Waals surface area contributed by atoms with Crippen molar-refractivity contribution in [2.24, 2.45) is 10.9 Å². The van der Waals surface area contributed by atoms with Crippen molar-refractivity contribution in [1.82, 2.24) is 14.9 Å². The van der Waals surface area contributed by atoms with E-state index in [9.17, 15) is 0 Å². The molecular formula is C11H18N6O. The predicted molar refractivity (Wildman–Crippen MR) is 68.8 cm³/mol. The number of anilines is 1. The average molecular weight is 250 g/mol. The number of nitrogens with zero attached hydrogens (tertiary/aromatic N) is 5. The number of oxime groups is 1. The lowest BCUT2D eigenvalue weighted by Crippen LogP contribution is -2.51. The van der Waals surface area contributed by atoms with Crippen molar-refractivity contribution in [3.05, 3.63) is 18.1 Å². The highest BCUT2D eigenvalue weighted by atomic mass is 16.4. The Hall–Kier alpha value is -1.89. The molecule has 1 aromatic heterocycles. The van der Waals surface area contributed by atoms with Crippen LogP contribution in [0.15, 0.2) is 17.5 Å². The number of likely N-dealkylation sites (N-methyl/N-ethyl adjacent to an activating group) is 1. The number of aromatic nitrogens is 2. The van der Waals surface area contributed by atoms with Crippen molar-refractivity contribution in [3.63, 3.8) is 0 Å². The minimum Gasteiger partial charge on any atom is -0.409 e. The van der Waals surface area contributed by atoms with Gasteiger partial charge in [-0.05, 0) is 14.0 Å². The first-order chi connectivity index (χ1) is 8.63. The van der Waals surface area contributed by atoms with Gasteiger partial charge in [0.1, 0.15) is 0 Å². The maximum Gasteiger partial charge on any atom is 0.192 e. The second-order valence-electron chi connectivity index (χ2n) is 4.52. The van der Waals surface area contributed by atoms with Gasteiger partial charge in [-0.3, -0.25) is 0 Å². The molecule has 7 heteroatoms. The summed E-state index contributed by atoms with van der Waals surface area (Å²) in [6.07, 6.45) is 3.16. The van der Waals surface area contributed by atoms with E-state index >= 15 is 0 Å². The summed E-state index contributed by atoms with van der Waals surface area (Å²) in [6, 6.07) is 0.311. The topological polar surface area (TPSA) is 90.9 Å². The number of piperazine rings is 1. The standard InChI is InChI=1S/C11H18N6O/c1-8-7-16(2)5-6-17(8)11-9(10(12)15-18)13-3-4-14-11/h3-4,8,18H,5-7H2,1-2H3,(H2,12,15). The van der Waals surface area contributed by atoms with Gasteiger partial charge in [-0.2, -0.15) is 0 Å². The molecule has 1 fully saturated rings. The monoisotopic (exact) mass is 250 g/mol. The van der Waals surface area contributed by atoms with Crippen LogP contribution < -0.4 is 10.6 Å². The van der Waals surface area contributed by atoms with E-state index in [0.717, 1.165) is 19.6 Å². The average Bonchev–Trinajstić information content (AvgIpc) is 2.38. The SMILES string of the molecule is CC1CN(C)CCN1c1nccnc1C(N)=NO. The highest BCUT2D eigenvalue weighted by molar-refractivity contribution is 5.99. The third kappa shape index (κ3) is 2.35. The maximum absolute atomic E-state index is 8.79. The summed E-state index contributed by atoms with van der Waals surface area (Å²) < 4.78 is 0. The number of nitrogens with two attached hydrogens (primary N) is 1. The Balaban J connectivity index is 2.33. The van der Waals surface area contributed by atoms with E-state index < -0.39 is 0 Å². The molecule has 3 N–H and O–H groups in total. The Morgan fingerprint density at radius 3 is 2.83 bits per heavy atom. The largest absolute Gasteiger partial charge is 0.409 e. The molecule has 7 nitrogen and oxygen atoms in total. The van der Waals surface area contributed by atoms with Crippen LogP contribution in [-0.2, 0) is 0 Å². The molecule has 1 saturated heterocycles. The van der Waals surface area contributed by atoms with Crippen LogP contribution in [0.25, 0.3) is 0 Å². The lowest BCUT2D eigenvalue weighted by Gasteiger charge is -2.39. The van der Waals surface area contributed by atoms with Crippen LogP contribution in [0, 0.1) is 0 Å². The lowest BCUT2D eigenvalue weighted by atomic mass is 10.2. The van der Waals surface area contributed by atoms with Crippen molar-refractivity contribution < 1.29 is 5.21 Å². The summed E-state index contributed by atoms with van der Waals surface area (Å²) in [6.45, 7) is 4.88. The van der Waals surface area contributed by atoms with Gasteiger partial charge in [0.25, 0.3) is 0 Å². The zero-order chi connectivity index (χ0) is 13.1. The van der Waals surface area contributed by atoms with E-state index in [2.05, 4.69) is 38.9 Å². The maximum atomic E-state index is 8.79. The van der Waals surface area contributed by atoms with Crippen LogP contribution in [0.4, 0.5) is 5.82 Å². The van der Waals surface area contributed by atoms with Crippen molar-refractivity contribution in [2.45, 2.75) is 13.0 Å². The minimum atomic E-state index is -0.00997. The van der Waals surface area contributed by atoms with Crippen molar-refractivity contribution in [1.29, 1.82) is 0 Å². The highest BCUT2D eigenvalue weighted by Gasteiger charge is 2.25. The molecule has 2 rings (SSSR count). The Bertz CT molecular complexity index is 449. The molecule has 0 radical (unpaired) electrons. The molecular weight excluding hydrogens is 232 g/mol. The predicted octanol–water partition coefficient (Wildman–Crippen LogP) is -0.289. The van der Waals surface area contributed by atoms with Gasteiger partial charge in [0, 0.05) is 38.1 Å². The van der Waals surface area contributed by atoms with Crippen molar-refractivity contribution in [2.75, 3.05) is 31.6 Å². The van der Waals surface area contributed by atoms with Crippen LogP contribution in [0.2, 0.25) is 0 Å². The molecule has 0 bridgehead atoms. The molecule has 0 aromatic carbocycles. The van der Waals surface area contributed by atoms with Gasteiger partial charge >= 0.3 is 0 Å². The molecule has 1 aliphatic heterocycles. The number of rotatable bonds is 2. The van der Waals surface area contributed by atoms with E-state index in [1.807, 2.05) is 0 Å². The van der Waals surface area contributed by atoms with Crippen molar-refractivity contribution in [3.8, 4) is 0 Å². The Labute approximate surface area is 106 Å². The second-order valence-corrected chi connectivity index (χ2v) is 4.52. The zero-order valence-electron chi connectivity index (χ0n) is 10.6. The highest BCUT2D eigenvalue weighted by Crippen LogP contribution is 2.20. The van der Waals surface area contributed by atoms with E-state index in [-0.39, 0.29) is 5.84 Å². The number of amidine groups is 1. The summed E-state index contributed by atoms with van der Waals surface area (Å²) in [5.74, 6) is 0.664. The van der Waals surface area contributed by atoms with Gasteiger partial charge in [-0.25, -0.2) is 9.97 Å². The normalized spacial score (nSPS) is 22.2. The second kappa shape index (κ2) is 5.18. The van der Waals surface area contributed by atoms with Gasteiger partial charge in [0.05, 0.1) is 0 Å². The quantitative estimate of drug-likeness (QED) is 0.324. The van der Waals surface area contributed by atoms with E-state index in [4.69, 9.17) is 10.9 Å². The van der Waals surface area contributed by atoms with E-state index in [0.29, 0.717) is 17.6 Å². The Morgan fingerprint density at radius 2 is 2.17 bits per heavy atom. The Kier molecular flexibility index (Phi) is 3.61. The summed E-state index contributed by atoms with van der Waals surface area (Å²) in [5.41, 5.74) is 6.06. The molecule has 18 heavy (non-hydrogen) atoms. The van der Waals surface area contributed by atoms with Crippen LogP contribution in [0.1, 0.15) is 12.6 Å². The zero-order valence-corrected chi connectivity index (χ0v) is 10.6. The van der Waals surface area contributed by atoms with Gasteiger partial charge in [0.2, 0.25) is 0 Å². The molecule has 1 aromatic rings. The lowest BCUT2D eigenvalue weighted by molar-refractivity contribution is 0.274. The molecule has 0 amide bonds. The third-order valence-electron chi connectivity index (χ3n) is 3.13. The number of hydrogen-bond donors (Lipinski definition) is 2. The van der Waals surface area contributed by atoms with Gasteiger partial charge in [-0.15, -0.1) is 0 Å². The van der Waals surface area contributed by atoms with Crippen LogP contribution >= 0.6 is 0 Å². The fourth-order valence-corrected chi connectivity index (χ4v) is 2.22. The smallest absolute Gasteiger partial charge is 0.192 e. The molecule has 0 aliphatic carbocycles. The van der Waals surface area contributed by atoms with E-state index in [1.54, 1.807) is 6.20 Å². The minimum absolute atomic E-state index is 0.00997. The summed E-state index contributed by atoms with van der Waals surface area (Å²) in [7, 11) is 2.09. The first-order valence-electron chi connectivity index (χ1n) is 5.87. The van der Waals surface area contributed by atoms with E-state index in [1.165, 1.54) is 6.20 Å². The molecule has 1 unspecified atom stereocenters. The van der Waals surface area contributed by atoms with Gasteiger partial charge in [0.15, 0.2) is 17.3 Å². The first kappa shape index (κ1) is 12.6. The molecule has 1 aliphatic rings. The number of hydrogen-bond acceptors (Lipinski definition) is 6. The van der Waals surface area contributed by atoms with Crippen LogP contribution in [-0.4, -0.2) is 58.6 Å². The first-order valence-corrected chi connectivity index (χ1v) is 5.87. The fourth-order valence-electron chi connectivity index (χ4n) is 2.22. The molecule has 1 atom stereocenters. The summed E-state index contributed by atoms with van der Waals surface area (Å²) in [5, 5.41) is 11.8. The summed E-state index contributed by atoms with van der Waals surface area (Å²) in [4.78, 5) is 12.9.